The van der Waals surface area contributed by atoms with Crippen LogP contribution in [0.15, 0.2) is 21.9 Å². The Hall–Kier alpha value is -1.44. The summed E-state index contributed by atoms with van der Waals surface area (Å²) in [5.74, 6) is 0.845. The zero-order valence-electron chi connectivity index (χ0n) is 21.6. The van der Waals surface area contributed by atoms with Gasteiger partial charge in [0.15, 0.2) is 12.5 Å². The van der Waals surface area contributed by atoms with E-state index in [1.165, 1.54) is 0 Å². The third kappa shape index (κ3) is 7.43. The summed E-state index contributed by atoms with van der Waals surface area (Å²) in [5.41, 5.74) is -3.73. The molecule has 42 heavy (non-hydrogen) atoms. The highest BCUT2D eigenvalue weighted by molar-refractivity contribution is 8.08. The minimum Gasteiger partial charge on any atom is -0.394 e. The topological polar surface area (TPSA) is 289 Å². The standard InChI is InChI=1S/C20H30N2O17P2S/c1-3-20(34-2)16(29)11(37-18(20)22-5-4-12(25)21-19(22)30)8-36-41(33,42)39-40(31,32)38-17-15(28)14(27)13(26)9(7-35-17)10(24)6-23/h1,4-5,9-11,13-18,23-24,26-29H,6-8H2,2H3,(H,31,32)(H,33,42)(H,21,25,30)/t9?,10-,11+,13?,14?,15?,16+,17?,18+,20+,41?/m0/s1. The molecule has 2 aliphatic heterocycles. The summed E-state index contributed by atoms with van der Waals surface area (Å²) in [6.45, 7) is -7.12. The minimum absolute atomic E-state index is 0.668. The van der Waals surface area contributed by atoms with E-state index in [4.69, 9.17) is 42.1 Å². The Morgan fingerprint density at radius 1 is 1.26 bits per heavy atom. The second-order valence-corrected chi connectivity index (χ2v) is 13.5. The molecule has 0 bridgehead atoms. The molecule has 1 aromatic heterocycles. The van der Waals surface area contributed by atoms with Gasteiger partial charge in [0.25, 0.3) is 5.56 Å². The van der Waals surface area contributed by atoms with Crippen LogP contribution < -0.4 is 11.2 Å². The van der Waals surface area contributed by atoms with Crippen molar-refractivity contribution in [1.82, 2.24) is 9.55 Å². The Bertz CT molecular complexity index is 1350. The number of nitrogens with one attached hydrogen (secondary N) is 1. The van der Waals surface area contributed by atoms with Gasteiger partial charge in [-0.2, -0.15) is 0 Å². The van der Waals surface area contributed by atoms with E-state index in [-0.39, 0.29) is 0 Å². The SMILES string of the molecule is C#C[C@@]1(OC)[C@H](O)[C@@H](COP(O)(=S)OP(=O)(O)OC2OCC([C@@H](O)CO)C(O)C(O)C2O)O[C@H]1n1ccc(=O)[nH]c1=O. The van der Waals surface area contributed by atoms with Gasteiger partial charge in [-0.3, -0.25) is 18.9 Å². The molecule has 22 heteroatoms. The summed E-state index contributed by atoms with van der Waals surface area (Å²) < 4.78 is 43.6. The fraction of sp³-hybridized carbons (Fsp3) is 0.700. The van der Waals surface area contributed by atoms with Crippen LogP contribution >= 0.6 is 14.5 Å². The van der Waals surface area contributed by atoms with E-state index < -0.39 is 106 Å². The number of hydrogen-bond acceptors (Lipinski definition) is 16. The molecule has 2 fully saturated rings. The van der Waals surface area contributed by atoms with Crippen molar-refractivity contribution in [2.75, 3.05) is 26.9 Å². The third-order valence-electron chi connectivity index (χ3n) is 6.53. The maximum atomic E-state index is 12.6. The molecule has 1 aromatic rings. The van der Waals surface area contributed by atoms with Crippen LogP contribution in [0.3, 0.4) is 0 Å². The number of ether oxygens (including phenoxy) is 3. The first-order chi connectivity index (χ1) is 19.5. The lowest BCUT2D eigenvalue weighted by Gasteiger charge is -2.30. The predicted molar refractivity (Wildman–Crippen MR) is 139 cm³/mol. The molecule has 0 saturated carbocycles. The molecule has 9 N–H and O–H groups in total. The molecule has 12 atom stereocenters. The molecule has 3 rings (SSSR count). The van der Waals surface area contributed by atoms with Crippen molar-refractivity contribution in [1.29, 1.82) is 0 Å². The Morgan fingerprint density at radius 2 is 1.93 bits per heavy atom. The van der Waals surface area contributed by atoms with Crippen LogP contribution in [0.2, 0.25) is 0 Å². The van der Waals surface area contributed by atoms with Crippen molar-refractivity contribution in [2.45, 2.75) is 54.7 Å². The quantitative estimate of drug-likeness (QED) is 0.0797. The first kappa shape index (κ1) is 35.0. The molecule has 0 aliphatic carbocycles. The van der Waals surface area contributed by atoms with Crippen molar-refractivity contribution in [3.05, 3.63) is 33.1 Å². The number of phosphoric ester groups is 1. The number of terminal acetylenes is 1. The van der Waals surface area contributed by atoms with E-state index in [1.807, 2.05) is 4.98 Å². The first-order valence-electron chi connectivity index (χ1n) is 11.8. The van der Waals surface area contributed by atoms with Crippen molar-refractivity contribution >= 4 is 26.3 Å². The van der Waals surface area contributed by atoms with Crippen LogP contribution in [0.1, 0.15) is 6.23 Å². The number of rotatable bonds is 11. The van der Waals surface area contributed by atoms with E-state index in [2.05, 4.69) is 14.8 Å². The number of aliphatic hydroxyl groups excluding tert-OH is 6. The normalized spacial score (nSPS) is 37.2. The first-order valence-corrected chi connectivity index (χ1v) is 15.9. The number of methoxy groups -OCH3 is 1. The van der Waals surface area contributed by atoms with Gasteiger partial charge < -0.3 is 59.2 Å². The lowest BCUT2D eigenvalue weighted by Crippen LogP contribution is -2.49. The van der Waals surface area contributed by atoms with Crippen LogP contribution in [0.4, 0.5) is 0 Å². The second kappa shape index (κ2) is 13.7. The van der Waals surface area contributed by atoms with Gasteiger partial charge in [0, 0.05) is 25.3 Å². The number of hydrogen-bond donors (Lipinski definition) is 9. The Labute approximate surface area is 241 Å². The average Bonchev–Trinajstić information content (AvgIpc) is 3.15. The maximum absolute atomic E-state index is 12.6. The molecule has 19 nitrogen and oxygen atoms in total. The van der Waals surface area contributed by atoms with Gasteiger partial charge in [0.1, 0.15) is 24.4 Å². The number of phosphoric acid groups is 1. The molecular formula is C20H30N2O17P2S. The minimum atomic E-state index is -5.48. The van der Waals surface area contributed by atoms with Gasteiger partial charge in [0.2, 0.25) is 5.60 Å². The largest absolute Gasteiger partial charge is 0.481 e. The van der Waals surface area contributed by atoms with E-state index >= 15 is 0 Å². The lowest BCUT2D eigenvalue weighted by atomic mass is 9.92. The van der Waals surface area contributed by atoms with Crippen LogP contribution in [0.5, 0.6) is 0 Å². The predicted octanol–water partition coefficient (Wildman–Crippen LogP) is -4.41. The number of aromatic amines is 1. The van der Waals surface area contributed by atoms with Gasteiger partial charge >= 0.3 is 20.2 Å². The monoisotopic (exact) mass is 664 g/mol. The third-order valence-corrected chi connectivity index (χ3v) is 10.0. The van der Waals surface area contributed by atoms with E-state index in [0.29, 0.717) is 0 Å². The van der Waals surface area contributed by atoms with E-state index in [9.17, 15) is 49.5 Å². The fourth-order valence-corrected chi connectivity index (χ4v) is 7.38. The number of H-pyrrole nitrogens is 1. The summed E-state index contributed by atoms with van der Waals surface area (Å²) in [6, 6.07) is 0.974. The highest BCUT2D eigenvalue weighted by atomic mass is 32.5. The molecule has 0 spiro atoms. The molecule has 0 aromatic carbocycles. The summed E-state index contributed by atoms with van der Waals surface area (Å²) in [7, 11) is -4.38. The van der Waals surface area contributed by atoms with Crippen molar-refractivity contribution in [3.63, 3.8) is 0 Å². The van der Waals surface area contributed by atoms with E-state index in [1.54, 1.807) is 0 Å². The molecule has 3 heterocycles. The molecule has 7 unspecified atom stereocenters. The molecular weight excluding hydrogens is 634 g/mol. The average molecular weight is 664 g/mol. The van der Waals surface area contributed by atoms with Crippen molar-refractivity contribution < 1.29 is 72.6 Å². The Morgan fingerprint density at radius 3 is 2.50 bits per heavy atom. The van der Waals surface area contributed by atoms with Crippen LogP contribution in [0, 0.1) is 18.3 Å². The van der Waals surface area contributed by atoms with Crippen molar-refractivity contribution in [3.8, 4) is 12.3 Å². The van der Waals surface area contributed by atoms with Crippen LogP contribution in [-0.4, -0.2) is 125 Å². The maximum Gasteiger partial charge on any atom is 0.481 e. The molecule has 2 saturated heterocycles. The van der Waals surface area contributed by atoms with Crippen LogP contribution in [0.25, 0.3) is 0 Å². The van der Waals surface area contributed by atoms with E-state index in [0.717, 1.165) is 23.9 Å². The summed E-state index contributed by atoms with van der Waals surface area (Å²) in [5, 5.41) is 60.3. The zero-order valence-corrected chi connectivity index (χ0v) is 24.2. The lowest BCUT2D eigenvalue weighted by molar-refractivity contribution is -0.173. The smallest absolute Gasteiger partial charge is 0.394 e. The van der Waals surface area contributed by atoms with Gasteiger partial charge in [-0.1, -0.05) is 5.92 Å². The fourth-order valence-electron chi connectivity index (χ4n) is 4.27. The van der Waals surface area contributed by atoms with Crippen LogP contribution in [-0.2, 0) is 43.9 Å². The number of nitrogens with zero attached hydrogens (tertiary/aromatic N) is 1. The molecule has 238 valence electrons. The Kier molecular flexibility index (Phi) is 11.4. The summed E-state index contributed by atoms with van der Waals surface area (Å²) in [6.07, 6.45) is -8.08. The number of aromatic nitrogens is 2. The van der Waals surface area contributed by atoms with Gasteiger partial charge in [-0.05, 0) is 11.8 Å². The number of aliphatic hydroxyl groups is 6. The summed E-state index contributed by atoms with van der Waals surface area (Å²) >= 11 is 4.72. The van der Waals surface area contributed by atoms with Gasteiger partial charge in [-0.15, -0.1) is 6.42 Å². The highest BCUT2D eigenvalue weighted by Crippen LogP contribution is 2.61. The molecule has 0 radical (unpaired) electrons. The highest BCUT2D eigenvalue weighted by Gasteiger charge is 2.58. The zero-order chi connectivity index (χ0) is 31.6. The Balaban J connectivity index is 1.70. The molecule has 0 amide bonds. The second-order valence-electron chi connectivity index (χ2n) is 9.14. The summed E-state index contributed by atoms with van der Waals surface area (Å²) in [4.78, 5) is 46.3. The van der Waals surface area contributed by atoms with Crippen molar-refractivity contribution in [2.24, 2.45) is 5.92 Å². The molecule has 2 aliphatic rings. The van der Waals surface area contributed by atoms with Gasteiger partial charge in [0.05, 0.1) is 32.0 Å². The van der Waals surface area contributed by atoms with Gasteiger partial charge in [-0.25, -0.2) is 13.7 Å².